The van der Waals surface area contributed by atoms with Gasteiger partial charge in [-0.25, -0.2) is 0 Å². The van der Waals surface area contributed by atoms with E-state index >= 15 is 0 Å². The molecule has 2 aliphatic rings. The summed E-state index contributed by atoms with van der Waals surface area (Å²) in [5.74, 6) is 0. The Hall–Kier alpha value is -6.50. The lowest BCUT2D eigenvalue weighted by atomic mass is 9.79. The summed E-state index contributed by atoms with van der Waals surface area (Å²) in [4.78, 5) is 0. The number of benzene rings is 9. The highest BCUT2D eigenvalue weighted by Crippen LogP contribution is 2.53. The summed E-state index contributed by atoms with van der Waals surface area (Å²) in [6.45, 7) is 14.0. The average Bonchev–Trinajstić information content (AvgIpc) is 3.61. The molecule has 58 heavy (non-hydrogen) atoms. The van der Waals surface area contributed by atoms with Gasteiger partial charge in [0.25, 0.3) is 0 Å². The number of rotatable bonds is 4. The van der Waals surface area contributed by atoms with Gasteiger partial charge < -0.3 is 0 Å². The smallest absolute Gasteiger partial charge is 0.0159 e. The molecule has 0 saturated heterocycles. The molecule has 0 N–H and O–H groups in total. The fourth-order valence-electron chi connectivity index (χ4n) is 10.4. The molecule has 0 bridgehead atoms. The van der Waals surface area contributed by atoms with E-state index in [-0.39, 0.29) is 10.8 Å². The molecular weight excluding hydrogens is 697 g/mol. The third-order valence-corrected chi connectivity index (χ3v) is 13.7. The number of hydrogen-bond acceptors (Lipinski definition) is 0. The molecule has 0 aliphatic heterocycles. The molecule has 9 aromatic rings. The summed E-state index contributed by atoms with van der Waals surface area (Å²) in [6, 6.07) is 64.3. The molecule has 0 fully saturated rings. The number of fused-ring (bicyclic) bond motifs is 8. The third kappa shape index (κ3) is 5.21. The Kier molecular flexibility index (Phi) is 7.48. The maximum Gasteiger partial charge on any atom is 0.0159 e. The normalized spacial score (nSPS) is 14.3. The Morgan fingerprint density at radius 2 is 0.586 bits per heavy atom. The second kappa shape index (κ2) is 12.5. The molecule has 9 aromatic carbocycles. The van der Waals surface area contributed by atoms with Crippen LogP contribution in [0.25, 0.3) is 88.3 Å². The van der Waals surface area contributed by atoms with Crippen LogP contribution in [0.1, 0.15) is 61.1 Å². The summed E-state index contributed by atoms with van der Waals surface area (Å²) in [5, 5.41) is 5.07. The van der Waals surface area contributed by atoms with Crippen molar-refractivity contribution in [3.8, 4) is 66.8 Å². The van der Waals surface area contributed by atoms with Gasteiger partial charge >= 0.3 is 0 Å². The number of aryl methyl sites for hydroxylation is 2. The Morgan fingerprint density at radius 3 is 1.02 bits per heavy atom. The zero-order valence-corrected chi connectivity index (χ0v) is 34.2. The second-order valence-corrected chi connectivity index (χ2v) is 17.9. The summed E-state index contributed by atoms with van der Waals surface area (Å²) in [5.41, 5.74) is 23.7. The first-order chi connectivity index (χ1) is 28.0. The van der Waals surface area contributed by atoms with Gasteiger partial charge in [-0.15, -0.1) is 0 Å². The standard InChI is InChI=1S/C58H46/c1-35-10-9-11-36(2)56(35)47-23-27-51-50-26-22-46(33-54(50)58(5,6)55(51)34-47)45-21-25-49-48-24-20-44(31-52(48)57(3,4)53(49)32-45)43-19-18-41-29-40(16-17-42(41)30-43)39-15-14-37-12-7-8-13-38(37)28-39/h7-34H,1-6H3. The Morgan fingerprint density at radius 1 is 0.276 bits per heavy atom. The van der Waals surface area contributed by atoms with Crippen molar-refractivity contribution in [3.63, 3.8) is 0 Å². The summed E-state index contributed by atoms with van der Waals surface area (Å²) in [6.07, 6.45) is 0. The maximum absolute atomic E-state index is 2.47. The molecular formula is C58H46. The lowest BCUT2D eigenvalue weighted by Gasteiger charge is -2.24. The summed E-state index contributed by atoms with van der Waals surface area (Å²) < 4.78 is 0. The number of hydrogen-bond donors (Lipinski definition) is 0. The molecule has 0 amide bonds. The largest absolute Gasteiger partial charge is 0.0617 e. The average molecular weight is 743 g/mol. The predicted octanol–water partition coefficient (Wildman–Crippen LogP) is 15.9. The lowest BCUT2D eigenvalue weighted by molar-refractivity contribution is 0.660. The van der Waals surface area contributed by atoms with Crippen molar-refractivity contribution >= 4 is 21.5 Å². The third-order valence-electron chi connectivity index (χ3n) is 13.7. The Balaban J connectivity index is 0.899. The van der Waals surface area contributed by atoms with Crippen LogP contribution in [0.5, 0.6) is 0 Å². The zero-order chi connectivity index (χ0) is 39.5. The summed E-state index contributed by atoms with van der Waals surface area (Å²) in [7, 11) is 0. The topological polar surface area (TPSA) is 0 Å². The van der Waals surface area contributed by atoms with Crippen LogP contribution in [0.2, 0.25) is 0 Å². The van der Waals surface area contributed by atoms with Crippen LogP contribution < -0.4 is 0 Å². The van der Waals surface area contributed by atoms with Gasteiger partial charge in [-0.2, -0.15) is 0 Å². The molecule has 0 spiro atoms. The quantitative estimate of drug-likeness (QED) is 0.168. The Bertz CT molecular complexity index is 3170. The van der Waals surface area contributed by atoms with Gasteiger partial charge in [-0.05, 0) is 178 Å². The van der Waals surface area contributed by atoms with E-state index in [4.69, 9.17) is 0 Å². The SMILES string of the molecule is Cc1cccc(C)c1-c1ccc2c(c1)C(C)(C)c1cc(-c3ccc4c(c3)C(C)(C)c3cc(-c5ccc6cc(-c7ccc8ccccc8c7)ccc6c5)ccc3-4)ccc1-2. The fraction of sp³-hybridized carbons (Fsp3) is 0.138. The zero-order valence-electron chi connectivity index (χ0n) is 34.2. The maximum atomic E-state index is 2.47. The minimum Gasteiger partial charge on any atom is -0.0617 e. The van der Waals surface area contributed by atoms with Crippen LogP contribution in [0.15, 0.2) is 170 Å². The van der Waals surface area contributed by atoms with Gasteiger partial charge in [0.15, 0.2) is 0 Å². The van der Waals surface area contributed by atoms with E-state index in [0.717, 1.165) is 0 Å². The van der Waals surface area contributed by atoms with Crippen molar-refractivity contribution in [2.75, 3.05) is 0 Å². The highest BCUT2D eigenvalue weighted by molar-refractivity contribution is 5.94. The van der Waals surface area contributed by atoms with E-state index in [1.54, 1.807) is 0 Å². The molecule has 0 saturated carbocycles. The van der Waals surface area contributed by atoms with Gasteiger partial charge in [0, 0.05) is 10.8 Å². The molecule has 0 radical (unpaired) electrons. The van der Waals surface area contributed by atoms with Crippen molar-refractivity contribution in [2.24, 2.45) is 0 Å². The first-order valence-corrected chi connectivity index (χ1v) is 20.7. The van der Waals surface area contributed by atoms with Crippen LogP contribution in [0.3, 0.4) is 0 Å². The van der Waals surface area contributed by atoms with E-state index in [1.807, 2.05) is 0 Å². The second-order valence-electron chi connectivity index (χ2n) is 17.9. The van der Waals surface area contributed by atoms with Crippen LogP contribution in [-0.4, -0.2) is 0 Å². The van der Waals surface area contributed by atoms with E-state index in [0.29, 0.717) is 0 Å². The molecule has 0 heterocycles. The van der Waals surface area contributed by atoms with Gasteiger partial charge in [-0.1, -0.05) is 155 Å². The molecule has 2 aliphatic carbocycles. The first kappa shape index (κ1) is 34.7. The fourth-order valence-corrected chi connectivity index (χ4v) is 10.4. The van der Waals surface area contributed by atoms with Crippen LogP contribution in [0, 0.1) is 13.8 Å². The van der Waals surface area contributed by atoms with E-state index < -0.39 is 0 Å². The van der Waals surface area contributed by atoms with Crippen LogP contribution in [-0.2, 0) is 10.8 Å². The highest BCUT2D eigenvalue weighted by atomic mass is 14.4. The minimum absolute atomic E-state index is 0.0990. The van der Waals surface area contributed by atoms with Crippen molar-refractivity contribution in [2.45, 2.75) is 52.4 Å². The lowest BCUT2D eigenvalue weighted by Crippen LogP contribution is -2.15. The van der Waals surface area contributed by atoms with Crippen molar-refractivity contribution in [1.29, 1.82) is 0 Å². The predicted molar refractivity (Wildman–Crippen MR) is 248 cm³/mol. The first-order valence-electron chi connectivity index (χ1n) is 20.7. The van der Waals surface area contributed by atoms with Gasteiger partial charge in [0.2, 0.25) is 0 Å². The van der Waals surface area contributed by atoms with Gasteiger partial charge in [0.05, 0.1) is 0 Å². The van der Waals surface area contributed by atoms with Crippen molar-refractivity contribution in [1.82, 2.24) is 0 Å². The Labute approximate surface area is 342 Å². The summed E-state index contributed by atoms with van der Waals surface area (Å²) >= 11 is 0. The molecule has 278 valence electrons. The molecule has 0 unspecified atom stereocenters. The van der Waals surface area contributed by atoms with Gasteiger partial charge in [0.1, 0.15) is 0 Å². The molecule has 0 heteroatoms. The van der Waals surface area contributed by atoms with Crippen molar-refractivity contribution < 1.29 is 0 Å². The van der Waals surface area contributed by atoms with Crippen LogP contribution >= 0.6 is 0 Å². The molecule has 0 aromatic heterocycles. The highest BCUT2D eigenvalue weighted by Gasteiger charge is 2.38. The molecule has 11 rings (SSSR count). The van der Waals surface area contributed by atoms with Gasteiger partial charge in [-0.3, -0.25) is 0 Å². The minimum atomic E-state index is -0.126. The van der Waals surface area contributed by atoms with Crippen molar-refractivity contribution in [3.05, 3.63) is 203 Å². The molecule has 0 atom stereocenters. The van der Waals surface area contributed by atoms with E-state index in [2.05, 4.69) is 211 Å². The monoisotopic (exact) mass is 742 g/mol. The van der Waals surface area contributed by atoms with E-state index in [9.17, 15) is 0 Å². The molecule has 0 nitrogen and oxygen atoms in total. The van der Waals surface area contributed by atoms with Crippen LogP contribution in [0.4, 0.5) is 0 Å². The van der Waals surface area contributed by atoms with E-state index in [1.165, 1.54) is 122 Å².